The van der Waals surface area contributed by atoms with Crippen molar-refractivity contribution in [3.8, 4) is 0 Å². The normalized spacial score (nSPS) is 11.2. The number of hydrogen-bond acceptors (Lipinski definition) is 5. The van der Waals surface area contributed by atoms with E-state index in [9.17, 15) is 10.1 Å². The summed E-state index contributed by atoms with van der Waals surface area (Å²) in [5, 5.41) is 13.7. The molecule has 0 unspecified atom stereocenters. The first-order valence-electron chi connectivity index (χ1n) is 5.45. The maximum absolute atomic E-state index is 10.5. The number of rotatable bonds is 6. The van der Waals surface area contributed by atoms with Gasteiger partial charge in [0.15, 0.2) is 5.82 Å². The molecule has 18 heavy (non-hydrogen) atoms. The van der Waals surface area contributed by atoms with E-state index in [4.69, 9.17) is 11.6 Å². The van der Waals surface area contributed by atoms with Crippen LogP contribution < -0.4 is 5.32 Å². The monoisotopic (exact) mass is 270 g/mol. The van der Waals surface area contributed by atoms with Gasteiger partial charge in [0.25, 0.3) is 6.20 Å². The van der Waals surface area contributed by atoms with Crippen LogP contribution in [0, 0.1) is 10.1 Å². The molecule has 0 atom stereocenters. The molecule has 0 aliphatic rings. The van der Waals surface area contributed by atoms with E-state index in [0.29, 0.717) is 24.1 Å². The molecule has 7 heteroatoms. The van der Waals surface area contributed by atoms with E-state index < -0.39 is 4.92 Å². The maximum Gasteiger partial charge on any atom is 0.274 e. The van der Waals surface area contributed by atoms with Crippen molar-refractivity contribution in [2.24, 2.45) is 0 Å². The number of halogens is 1. The van der Waals surface area contributed by atoms with Crippen molar-refractivity contribution in [2.75, 3.05) is 13.6 Å². The Balaban J connectivity index is 2.91. The van der Waals surface area contributed by atoms with Crippen molar-refractivity contribution in [3.05, 3.63) is 51.2 Å². The fourth-order valence-electron chi connectivity index (χ4n) is 1.51. The van der Waals surface area contributed by atoms with Crippen LogP contribution in [0.1, 0.15) is 12.5 Å². The van der Waals surface area contributed by atoms with E-state index in [1.54, 1.807) is 19.3 Å². The van der Waals surface area contributed by atoms with Crippen LogP contribution in [0.3, 0.4) is 0 Å². The molecule has 1 aromatic rings. The van der Waals surface area contributed by atoms with Crippen molar-refractivity contribution in [2.45, 2.75) is 13.5 Å². The number of nitrogens with zero attached hydrogens (tertiary/aromatic N) is 3. The molecule has 0 aliphatic carbocycles. The zero-order valence-corrected chi connectivity index (χ0v) is 11.0. The molecule has 1 heterocycles. The molecule has 1 aromatic heterocycles. The molecule has 1 rings (SSSR count). The minimum Gasteiger partial charge on any atom is -0.370 e. The first-order valence-corrected chi connectivity index (χ1v) is 5.83. The van der Waals surface area contributed by atoms with Crippen molar-refractivity contribution < 1.29 is 4.92 Å². The summed E-state index contributed by atoms with van der Waals surface area (Å²) in [6.45, 7) is 2.99. The van der Waals surface area contributed by atoms with Crippen molar-refractivity contribution in [1.82, 2.24) is 15.2 Å². The predicted molar refractivity (Wildman–Crippen MR) is 69.5 cm³/mol. The van der Waals surface area contributed by atoms with Gasteiger partial charge in [-0.1, -0.05) is 17.7 Å². The highest BCUT2D eigenvalue weighted by Crippen LogP contribution is 2.16. The minimum atomic E-state index is -0.487. The second-order valence-corrected chi connectivity index (χ2v) is 3.88. The Bertz CT molecular complexity index is 450. The molecule has 0 fully saturated rings. The lowest BCUT2D eigenvalue weighted by Crippen LogP contribution is -2.30. The molecule has 0 saturated carbocycles. The zero-order valence-electron chi connectivity index (χ0n) is 10.3. The number of nitrogens with one attached hydrogen (secondary N) is 1. The topological polar surface area (TPSA) is 71.3 Å². The maximum atomic E-state index is 10.5. The Morgan fingerprint density at radius 1 is 1.72 bits per heavy atom. The fraction of sp³-hybridized carbons (Fsp3) is 0.364. The van der Waals surface area contributed by atoms with Gasteiger partial charge in [0.05, 0.1) is 4.92 Å². The molecule has 0 saturated heterocycles. The van der Waals surface area contributed by atoms with Crippen LogP contribution in [0.15, 0.2) is 30.4 Å². The second-order valence-electron chi connectivity index (χ2n) is 3.52. The molecule has 0 spiro atoms. The molecule has 0 bridgehead atoms. The van der Waals surface area contributed by atoms with Gasteiger partial charge in [-0.25, -0.2) is 4.98 Å². The lowest BCUT2D eigenvalue weighted by molar-refractivity contribution is -0.404. The predicted octanol–water partition coefficient (Wildman–Crippen LogP) is 1.85. The van der Waals surface area contributed by atoms with Crippen LogP contribution in [-0.2, 0) is 6.54 Å². The number of pyridine rings is 1. The third-order valence-corrected chi connectivity index (χ3v) is 2.74. The van der Waals surface area contributed by atoms with Crippen LogP contribution >= 0.6 is 11.6 Å². The van der Waals surface area contributed by atoms with Gasteiger partial charge in [0.1, 0.15) is 5.15 Å². The lowest BCUT2D eigenvalue weighted by atomic mass is 10.2. The Kier molecular flexibility index (Phi) is 5.38. The van der Waals surface area contributed by atoms with Gasteiger partial charge in [-0.2, -0.15) is 0 Å². The first-order chi connectivity index (χ1) is 8.58. The smallest absolute Gasteiger partial charge is 0.274 e. The molecule has 0 aliphatic heterocycles. The van der Waals surface area contributed by atoms with Gasteiger partial charge in [-0.15, -0.1) is 0 Å². The number of aromatic nitrogens is 1. The third kappa shape index (κ3) is 3.89. The summed E-state index contributed by atoms with van der Waals surface area (Å²) in [6.07, 6.45) is 2.54. The van der Waals surface area contributed by atoms with E-state index >= 15 is 0 Å². The molecule has 6 nitrogen and oxygen atoms in total. The SMILES string of the molecule is CCN(Cc1cccnc1Cl)C(=C[N+](=O)[O-])NC. The zero-order chi connectivity index (χ0) is 13.5. The third-order valence-electron chi connectivity index (χ3n) is 2.40. The van der Waals surface area contributed by atoms with Gasteiger partial charge < -0.3 is 10.2 Å². The molecule has 98 valence electrons. The van der Waals surface area contributed by atoms with Gasteiger partial charge in [0.2, 0.25) is 0 Å². The van der Waals surface area contributed by atoms with E-state index in [-0.39, 0.29) is 0 Å². The highest BCUT2D eigenvalue weighted by atomic mass is 35.5. The lowest BCUT2D eigenvalue weighted by Gasteiger charge is -2.24. The van der Waals surface area contributed by atoms with E-state index in [1.165, 1.54) is 0 Å². The van der Waals surface area contributed by atoms with Gasteiger partial charge in [-0.05, 0) is 13.0 Å². The fourth-order valence-corrected chi connectivity index (χ4v) is 1.69. The van der Waals surface area contributed by atoms with E-state index in [1.807, 2.05) is 17.9 Å². The van der Waals surface area contributed by atoms with Crippen LogP contribution in [-0.4, -0.2) is 28.4 Å². The largest absolute Gasteiger partial charge is 0.370 e. The summed E-state index contributed by atoms with van der Waals surface area (Å²) in [5.74, 6) is 0.433. The molecule has 1 N–H and O–H groups in total. The van der Waals surface area contributed by atoms with E-state index in [0.717, 1.165) is 11.8 Å². The van der Waals surface area contributed by atoms with Crippen LogP contribution in [0.25, 0.3) is 0 Å². The summed E-state index contributed by atoms with van der Waals surface area (Å²) in [7, 11) is 1.64. The molecule has 0 amide bonds. The van der Waals surface area contributed by atoms with Gasteiger partial charge in [-0.3, -0.25) is 10.1 Å². The molecule has 0 radical (unpaired) electrons. The highest BCUT2D eigenvalue weighted by Gasteiger charge is 2.12. The van der Waals surface area contributed by atoms with Crippen LogP contribution in [0.4, 0.5) is 0 Å². The van der Waals surface area contributed by atoms with Crippen molar-refractivity contribution in [3.63, 3.8) is 0 Å². The Morgan fingerprint density at radius 2 is 2.44 bits per heavy atom. The summed E-state index contributed by atoms with van der Waals surface area (Å²) in [5.41, 5.74) is 0.825. The Hall–Kier alpha value is -1.82. The van der Waals surface area contributed by atoms with Crippen LogP contribution in [0.2, 0.25) is 5.15 Å². The Morgan fingerprint density at radius 3 is 2.94 bits per heavy atom. The minimum absolute atomic E-state index is 0.410. The highest BCUT2D eigenvalue weighted by molar-refractivity contribution is 6.30. The Labute approximate surface area is 110 Å². The van der Waals surface area contributed by atoms with E-state index in [2.05, 4.69) is 10.3 Å². The molecular weight excluding hydrogens is 256 g/mol. The van der Waals surface area contributed by atoms with Gasteiger partial charge in [0, 0.05) is 31.9 Å². The summed E-state index contributed by atoms with van der Waals surface area (Å²) >= 11 is 5.97. The average molecular weight is 271 g/mol. The first kappa shape index (κ1) is 14.2. The number of hydrogen-bond donors (Lipinski definition) is 1. The van der Waals surface area contributed by atoms with Crippen molar-refractivity contribution in [1.29, 1.82) is 0 Å². The van der Waals surface area contributed by atoms with Crippen molar-refractivity contribution >= 4 is 11.6 Å². The second kappa shape index (κ2) is 6.80. The van der Waals surface area contributed by atoms with Crippen LogP contribution in [0.5, 0.6) is 0 Å². The summed E-state index contributed by atoms with van der Waals surface area (Å²) < 4.78 is 0. The standard InChI is InChI=1S/C11H15ClN4O2/c1-3-15(10(13-2)8-16(17)18)7-9-5-4-6-14-11(9)12/h4-6,8,13H,3,7H2,1-2H3. The van der Waals surface area contributed by atoms with Gasteiger partial charge >= 0.3 is 0 Å². The average Bonchev–Trinajstić information content (AvgIpc) is 2.35. The quantitative estimate of drug-likeness (QED) is 0.485. The summed E-state index contributed by atoms with van der Waals surface area (Å²) in [4.78, 5) is 15.8. The molecule has 0 aromatic carbocycles. The number of nitro groups is 1. The molecular formula is C11H15ClN4O2. The summed E-state index contributed by atoms with van der Waals surface area (Å²) in [6, 6.07) is 3.63.